The van der Waals surface area contributed by atoms with Crippen LogP contribution in [-0.4, -0.2) is 47.7 Å². The van der Waals surface area contributed by atoms with E-state index in [-0.39, 0.29) is 5.91 Å². The fraction of sp³-hybridized carbons (Fsp3) is 0.565. The summed E-state index contributed by atoms with van der Waals surface area (Å²) < 4.78 is 8.69. The van der Waals surface area contributed by atoms with Crippen LogP contribution in [0.5, 0.6) is 5.75 Å². The molecule has 1 aliphatic heterocycles. The topological polar surface area (TPSA) is 106 Å². The fourth-order valence-electron chi connectivity index (χ4n) is 4.53. The number of halogens is 1. The predicted octanol–water partition coefficient (Wildman–Crippen LogP) is 3.49. The van der Waals surface area contributed by atoms with E-state index < -0.39 is 0 Å². The summed E-state index contributed by atoms with van der Waals surface area (Å²) >= 11 is 3.65. The Hall–Kier alpha value is -2.26. The maximum atomic E-state index is 13.1. The third kappa shape index (κ3) is 5.04. The number of rotatable bonds is 9. The maximum absolute atomic E-state index is 13.1. The molecule has 1 amide bonds. The number of carbonyl (C=O) groups is 1. The number of ether oxygens (including phenoxy) is 1. The highest BCUT2D eigenvalue weighted by Gasteiger charge is 2.26. The standard InChI is InChI=1S/C23H33BrN6O2/c1-2-26-22(31)19-21(27-10-9-25)29-23(28-17-6-4-3-5-7-17)30(19)14-15-12-16-8-11-32-20(16)18(24)13-15/h12-13,17,27H,2-11,14,25H2,1H3,(H,26,31)(H,28,29). The van der Waals surface area contributed by atoms with Gasteiger partial charge in [0.15, 0.2) is 11.5 Å². The van der Waals surface area contributed by atoms with E-state index in [1.807, 2.05) is 11.5 Å². The number of imidazole rings is 1. The largest absolute Gasteiger partial charge is 0.492 e. The van der Waals surface area contributed by atoms with Crippen molar-refractivity contribution in [3.8, 4) is 5.75 Å². The number of aromatic nitrogens is 2. The molecule has 0 atom stereocenters. The molecule has 0 saturated heterocycles. The van der Waals surface area contributed by atoms with Gasteiger partial charge in [0.1, 0.15) is 5.75 Å². The summed E-state index contributed by atoms with van der Waals surface area (Å²) in [5.74, 6) is 2.09. The lowest BCUT2D eigenvalue weighted by atomic mass is 9.96. The Bertz CT molecular complexity index is 954. The molecule has 1 fully saturated rings. The summed E-state index contributed by atoms with van der Waals surface area (Å²) in [6, 6.07) is 4.61. The quantitative estimate of drug-likeness (QED) is 0.416. The lowest BCUT2D eigenvalue weighted by Crippen LogP contribution is -2.29. The first kappa shape index (κ1) is 22.9. The molecule has 0 bridgehead atoms. The molecule has 1 saturated carbocycles. The van der Waals surface area contributed by atoms with E-state index in [1.54, 1.807) is 0 Å². The van der Waals surface area contributed by atoms with Gasteiger partial charge in [-0.2, -0.15) is 4.98 Å². The van der Waals surface area contributed by atoms with Crippen molar-refractivity contribution in [3.63, 3.8) is 0 Å². The van der Waals surface area contributed by atoms with Gasteiger partial charge in [-0.05, 0) is 52.9 Å². The van der Waals surface area contributed by atoms with E-state index in [0.29, 0.717) is 50.3 Å². The average molecular weight is 505 g/mol. The minimum atomic E-state index is -0.139. The van der Waals surface area contributed by atoms with Gasteiger partial charge in [0, 0.05) is 32.1 Å². The van der Waals surface area contributed by atoms with Crippen LogP contribution < -0.4 is 26.4 Å². The van der Waals surface area contributed by atoms with Crippen LogP contribution in [0, 0.1) is 0 Å². The Labute approximate surface area is 197 Å². The molecule has 2 aliphatic rings. The van der Waals surface area contributed by atoms with Crippen LogP contribution in [0.3, 0.4) is 0 Å². The van der Waals surface area contributed by atoms with E-state index in [4.69, 9.17) is 15.5 Å². The fourth-order valence-corrected chi connectivity index (χ4v) is 5.19. The van der Waals surface area contributed by atoms with E-state index in [0.717, 1.165) is 41.0 Å². The van der Waals surface area contributed by atoms with Crippen molar-refractivity contribution >= 4 is 33.6 Å². The second-order valence-electron chi connectivity index (χ2n) is 8.44. The van der Waals surface area contributed by atoms with Gasteiger partial charge in [-0.3, -0.25) is 9.36 Å². The zero-order chi connectivity index (χ0) is 22.5. The van der Waals surface area contributed by atoms with E-state index in [1.165, 1.54) is 24.8 Å². The number of fused-ring (bicyclic) bond motifs is 1. The Balaban J connectivity index is 1.73. The molecule has 5 N–H and O–H groups in total. The van der Waals surface area contributed by atoms with Gasteiger partial charge < -0.3 is 26.4 Å². The van der Waals surface area contributed by atoms with E-state index in [9.17, 15) is 4.79 Å². The van der Waals surface area contributed by atoms with Crippen molar-refractivity contribution in [3.05, 3.63) is 33.4 Å². The number of nitrogens with one attached hydrogen (secondary N) is 3. The number of benzene rings is 1. The number of amides is 1. The van der Waals surface area contributed by atoms with Gasteiger partial charge >= 0.3 is 0 Å². The average Bonchev–Trinajstić information content (AvgIpc) is 3.38. The summed E-state index contributed by atoms with van der Waals surface area (Å²) in [6.45, 7) is 4.72. The summed E-state index contributed by atoms with van der Waals surface area (Å²) in [6.07, 6.45) is 6.86. The highest BCUT2D eigenvalue weighted by Crippen LogP contribution is 2.36. The lowest BCUT2D eigenvalue weighted by molar-refractivity contribution is 0.0948. The summed E-state index contributed by atoms with van der Waals surface area (Å²) in [5, 5.41) is 9.83. The summed E-state index contributed by atoms with van der Waals surface area (Å²) in [7, 11) is 0. The molecule has 2 heterocycles. The van der Waals surface area contributed by atoms with Crippen molar-refractivity contribution in [2.24, 2.45) is 5.73 Å². The molecule has 4 rings (SSSR count). The highest BCUT2D eigenvalue weighted by molar-refractivity contribution is 9.10. The van der Waals surface area contributed by atoms with E-state index >= 15 is 0 Å². The van der Waals surface area contributed by atoms with Crippen LogP contribution in [-0.2, 0) is 13.0 Å². The minimum absolute atomic E-state index is 0.139. The smallest absolute Gasteiger partial charge is 0.271 e. The number of anilines is 2. The van der Waals surface area contributed by atoms with Gasteiger partial charge in [-0.1, -0.05) is 25.3 Å². The normalized spacial score (nSPS) is 15.8. The molecule has 32 heavy (non-hydrogen) atoms. The Kier molecular flexibility index (Phi) is 7.57. The molecule has 8 nitrogen and oxygen atoms in total. The van der Waals surface area contributed by atoms with Gasteiger partial charge in [0.05, 0.1) is 17.6 Å². The first-order valence-electron chi connectivity index (χ1n) is 11.6. The number of nitrogens with two attached hydrogens (primary N) is 1. The maximum Gasteiger partial charge on any atom is 0.271 e. The van der Waals surface area contributed by atoms with Crippen LogP contribution in [0.25, 0.3) is 0 Å². The zero-order valence-electron chi connectivity index (χ0n) is 18.7. The Morgan fingerprint density at radius 2 is 2.12 bits per heavy atom. The molecule has 0 radical (unpaired) electrons. The lowest BCUT2D eigenvalue weighted by Gasteiger charge is -2.24. The van der Waals surface area contributed by atoms with Crippen molar-refractivity contribution in [2.45, 2.75) is 58.0 Å². The Morgan fingerprint density at radius 1 is 1.31 bits per heavy atom. The molecule has 174 valence electrons. The molecular formula is C23H33BrN6O2. The van der Waals surface area contributed by atoms with Crippen LogP contribution in [0.1, 0.15) is 60.6 Å². The first-order chi connectivity index (χ1) is 15.6. The second kappa shape index (κ2) is 10.6. The third-order valence-electron chi connectivity index (χ3n) is 6.03. The van der Waals surface area contributed by atoms with Crippen LogP contribution >= 0.6 is 15.9 Å². The number of hydrogen-bond acceptors (Lipinski definition) is 6. The van der Waals surface area contributed by atoms with Gasteiger partial charge in [0.25, 0.3) is 5.91 Å². The highest BCUT2D eigenvalue weighted by atomic mass is 79.9. The molecular weight excluding hydrogens is 472 g/mol. The number of hydrogen-bond donors (Lipinski definition) is 4. The SMILES string of the molecule is CCNC(=O)c1c(NCCN)nc(NC2CCCCC2)n1Cc1cc(Br)c2c(c1)CCO2. The summed E-state index contributed by atoms with van der Waals surface area (Å²) in [5.41, 5.74) is 8.54. The predicted molar refractivity (Wildman–Crippen MR) is 131 cm³/mol. The second-order valence-corrected chi connectivity index (χ2v) is 9.29. The molecule has 0 unspecified atom stereocenters. The first-order valence-corrected chi connectivity index (χ1v) is 12.4. The van der Waals surface area contributed by atoms with Crippen LogP contribution in [0.2, 0.25) is 0 Å². The molecule has 1 aromatic carbocycles. The zero-order valence-corrected chi connectivity index (χ0v) is 20.3. The van der Waals surface area contributed by atoms with Crippen molar-refractivity contribution < 1.29 is 9.53 Å². The van der Waals surface area contributed by atoms with Crippen molar-refractivity contribution in [2.75, 3.05) is 36.9 Å². The molecule has 0 spiro atoms. The monoisotopic (exact) mass is 504 g/mol. The summed E-state index contributed by atoms with van der Waals surface area (Å²) in [4.78, 5) is 17.9. The Morgan fingerprint density at radius 3 is 2.88 bits per heavy atom. The third-order valence-corrected chi connectivity index (χ3v) is 6.62. The minimum Gasteiger partial charge on any atom is -0.492 e. The van der Waals surface area contributed by atoms with Crippen LogP contribution in [0.15, 0.2) is 16.6 Å². The van der Waals surface area contributed by atoms with Gasteiger partial charge in [-0.15, -0.1) is 0 Å². The molecule has 2 aromatic rings. The van der Waals surface area contributed by atoms with Gasteiger partial charge in [-0.25, -0.2) is 0 Å². The van der Waals surface area contributed by atoms with Crippen molar-refractivity contribution in [1.82, 2.24) is 14.9 Å². The van der Waals surface area contributed by atoms with Crippen molar-refractivity contribution in [1.29, 1.82) is 0 Å². The number of nitrogens with zero attached hydrogens (tertiary/aromatic N) is 2. The number of carbonyl (C=O) groups excluding carboxylic acids is 1. The molecule has 1 aromatic heterocycles. The molecule has 1 aliphatic carbocycles. The van der Waals surface area contributed by atoms with E-state index in [2.05, 4.69) is 44.0 Å². The molecule has 9 heteroatoms. The van der Waals surface area contributed by atoms with Gasteiger partial charge in [0.2, 0.25) is 5.95 Å². The van der Waals surface area contributed by atoms with Crippen LogP contribution in [0.4, 0.5) is 11.8 Å².